The SMILES string of the molecule is CCCCCCCCC/C=C/COC(=O)c1ccc(C(=O)OC/C=C/CCCCCCCCC)c(C(=O)OC/C=C/CCCCCCCCC)c1. The molecule has 51 heavy (non-hydrogen) atoms. The minimum atomic E-state index is -0.679. The van der Waals surface area contributed by atoms with Crippen LogP contribution >= 0.6 is 0 Å². The van der Waals surface area contributed by atoms with Crippen molar-refractivity contribution in [1.29, 1.82) is 0 Å². The molecule has 6 heteroatoms. The van der Waals surface area contributed by atoms with Crippen LogP contribution in [0.3, 0.4) is 0 Å². The lowest BCUT2D eigenvalue weighted by Crippen LogP contribution is -2.16. The normalized spacial score (nSPS) is 11.6. The maximum atomic E-state index is 13.2. The second-order valence-electron chi connectivity index (χ2n) is 13.7. The quantitative estimate of drug-likeness (QED) is 0.0313. The van der Waals surface area contributed by atoms with E-state index in [0.29, 0.717) is 0 Å². The Morgan fingerprint density at radius 1 is 0.412 bits per heavy atom. The van der Waals surface area contributed by atoms with Crippen LogP contribution < -0.4 is 0 Å². The van der Waals surface area contributed by atoms with Gasteiger partial charge in [-0.3, -0.25) is 0 Å². The molecule has 0 saturated heterocycles. The molecule has 0 unspecified atom stereocenters. The summed E-state index contributed by atoms with van der Waals surface area (Å²) in [7, 11) is 0. The number of unbranched alkanes of at least 4 members (excludes halogenated alkanes) is 21. The van der Waals surface area contributed by atoms with E-state index in [1.54, 1.807) is 0 Å². The van der Waals surface area contributed by atoms with Gasteiger partial charge in [-0.25, -0.2) is 14.4 Å². The summed E-state index contributed by atoms with van der Waals surface area (Å²) in [6.45, 7) is 7.03. The smallest absolute Gasteiger partial charge is 0.339 e. The minimum Gasteiger partial charge on any atom is -0.458 e. The Bertz CT molecular complexity index is 1120. The van der Waals surface area contributed by atoms with Crippen molar-refractivity contribution in [3.05, 3.63) is 71.3 Å². The van der Waals surface area contributed by atoms with Gasteiger partial charge in [0.25, 0.3) is 0 Å². The van der Waals surface area contributed by atoms with Crippen molar-refractivity contribution in [3.63, 3.8) is 0 Å². The Kier molecular flexibility index (Phi) is 30.5. The van der Waals surface area contributed by atoms with Crippen LogP contribution in [0.2, 0.25) is 0 Å². The maximum absolute atomic E-state index is 13.2. The van der Waals surface area contributed by atoms with Crippen molar-refractivity contribution in [2.45, 2.75) is 175 Å². The highest BCUT2D eigenvalue weighted by molar-refractivity contribution is 6.05. The first-order chi connectivity index (χ1) is 25.0. The fourth-order valence-electron chi connectivity index (χ4n) is 5.84. The molecule has 0 N–H and O–H groups in total. The molecular weight excluding hydrogens is 636 g/mol. The van der Waals surface area contributed by atoms with Crippen molar-refractivity contribution >= 4 is 17.9 Å². The monoisotopic (exact) mass is 709 g/mol. The summed E-state index contributed by atoms with van der Waals surface area (Å²) in [5, 5.41) is 0. The van der Waals surface area contributed by atoms with E-state index < -0.39 is 17.9 Å². The summed E-state index contributed by atoms with van der Waals surface area (Å²) in [5.41, 5.74) is 0.248. The molecular formula is C45H72O6. The molecule has 0 amide bonds. The Labute approximate surface area is 311 Å². The zero-order chi connectivity index (χ0) is 37.0. The van der Waals surface area contributed by atoms with Gasteiger partial charge in [-0.15, -0.1) is 0 Å². The van der Waals surface area contributed by atoms with Gasteiger partial charge in [-0.2, -0.15) is 0 Å². The van der Waals surface area contributed by atoms with Gasteiger partial charge < -0.3 is 14.2 Å². The molecule has 0 bridgehead atoms. The lowest BCUT2D eigenvalue weighted by atomic mass is 10.0. The van der Waals surface area contributed by atoms with Crippen molar-refractivity contribution < 1.29 is 28.6 Å². The van der Waals surface area contributed by atoms with E-state index in [-0.39, 0.29) is 36.5 Å². The molecule has 0 aromatic heterocycles. The summed E-state index contributed by atoms with van der Waals surface area (Å²) >= 11 is 0. The average molecular weight is 709 g/mol. The highest BCUT2D eigenvalue weighted by Gasteiger charge is 2.22. The molecule has 1 aromatic rings. The van der Waals surface area contributed by atoms with E-state index in [1.165, 1.54) is 134 Å². The number of carbonyl (C=O) groups is 3. The number of allylic oxidation sites excluding steroid dienone is 3. The summed E-state index contributed by atoms with van der Waals surface area (Å²) in [6.07, 6.45) is 40.8. The first-order valence-corrected chi connectivity index (χ1v) is 20.6. The molecule has 0 heterocycles. The molecule has 0 radical (unpaired) electrons. The molecule has 0 spiro atoms. The van der Waals surface area contributed by atoms with Crippen LogP contribution in [0.4, 0.5) is 0 Å². The Morgan fingerprint density at radius 3 is 1.14 bits per heavy atom. The fraction of sp³-hybridized carbons (Fsp3) is 0.667. The third-order valence-electron chi connectivity index (χ3n) is 9.05. The molecule has 1 rings (SSSR count). The van der Waals surface area contributed by atoms with Gasteiger partial charge >= 0.3 is 17.9 Å². The standard InChI is InChI=1S/C45H72O6/c1-4-7-10-13-16-19-22-25-28-31-36-49-43(46)40-34-35-41(44(47)50-37-32-29-26-23-20-17-14-11-8-5-2)42(39-40)45(48)51-38-33-30-27-24-21-18-15-12-9-6-3/h28-35,39H,4-27,36-38H2,1-3H3/b31-28+,32-29+,33-30+. The number of ether oxygens (including phenoxy) is 3. The number of rotatable bonds is 33. The molecule has 6 nitrogen and oxygen atoms in total. The van der Waals surface area contributed by atoms with Crippen LogP contribution in [0.5, 0.6) is 0 Å². The molecule has 288 valence electrons. The zero-order valence-electron chi connectivity index (χ0n) is 32.7. The lowest BCUT2D eigenvalue weighted by Gasteiger charge is -2.10. The van der Waals surface area contributed by atoms with Crippen LogP contribution in [0.1, 0.15) is 206 Å². The highest BCUT2D eigenvalue weighted by Crippen LogP contribution is 2.17. The highest BCUT2D eigenvalue weighted by atomic mass is 16.5. The summed E-state index contributed by atoms with van der Waals surface area (Å²) in [4.78, 5) is 39.1. The molecule has 0 atom stereocenters. The van der Waals surface area contributed by atoms with E-state index in [0.717, 1.165) is 38.5 Å². The number of carbonyl (C=O) groups excluding carboxylic acids is 3. The van der Waals surface area contributed by atoms with E-state index in [9.17, 15) is 14.4 Å². The molecule has 0 aliphatic rings. The van der Waals surface area contributed by atoms with Crippen molar-refractivity contribution in [1.82, 2.24) is 0 Å². The molecule has 0 fully saturated rings. The maximum Gasteiger partial charge on any atom is 0.339 e. The van der Waals surface area contributed by atoms with Gasteiger partial charge in [0.05, 0.1) is 16.7 Å². The number of hydrogen-bond donors (Lipinski definition) is 0. The number of benzene rings is 1. The predicted molar refractivity (Wildman–Crippen MR) is 213 cm³/mol. The minimum absolute atomic E-state index is 0.00328. The Balaban J connectivity index is 2.68. The second-order valence-corrected chi connectivity index (χ2v) is 13.7. The molecule has 0 aliphatic carbocycles. The third kappa shape index (κ3) is 25.5. The van der Waals surface area contributed by atoms with E-state index in [4.69, 9.17) is 14.2 Å². The van der Waals surface area contributed by atoms with Crippen LogP contribution in [0.25, 0.3) is 0 Å². The predicted octanol–water partition coefficient (Wildman–Crippen LogP) is 13.2. The van der Waals surface area contributed by atoms with Gasteiger partial charge in [0.2, 0.25) is 0 Å². The van der Waals surface area contributed by atoms with Crippen molar-refractivity contribution in [3.8, 4) is 0 Å². The van der Waals surface area contributed by atoms with Gasteiger partial charge in [0, 0.05) is 0 Å². The lowest BCUT2D eigenvalue weighted by molar-refractivity contribution is 0.0500. The average Bonchev–Trinajstić information content (AvgIpc) is 3.14. The molecule has 1 aromatic carbocycles. The molecule has 0 saturated carbocycles. The van der Waals surface area contributed by atoms with Crippen LogP contribution in [0.15, 0.2) is 54.7 Å². The van der Waals surface area contributed by atoms with Gasteiger partial charge in [0.1, 0.15) is 19.8 Å². The van der Waals surface area contributed by atoms with Crippen LogP contribution in [-0.2, 0) is 14.2 Å². The van der Waals surface area contributed by atoms with Gasteiger partial charge in [-0.1, -0.05) is 173 Å². The van der Waals surface area contributed by atoms with E-state index >= 15 is 0 Å². The van der Waals surface area contributed by atoms with Crippen LogP contribution in [-0.4, -0.2) is 37.7 Å². The third-order valence-corrected chi connectivity index (χ3v) is 9.05. The van der Waals surface area contributed by atoms with Crippen molar-refractivity contribution in [2.75, 3.05) is 19.8 Å². The second kappa shape index (κ2) is 34.0. The fourth-order valence-corrected chi connectivity index (χ4v) is 5.84. The Morgan fingerprint density at radius 2 is 0.745 bits per heavy atom. The zero-order valence-corrected chi connectivity index (χ0v) is 32.7. The summed E-state index contributed by atoms with van der Waals surface area (Å²) in [5.74, 6) is -1.88. The van der Waals surface area contributed by atoms with E-state index in [2.05, 4.69) is 20.8 Å². The Hall–Kier alpha value is -3.15. The number of hydrogen-bond acceptors (Lipinski definition) is 6. The van der Waals surface area contributed by atoms with Crippen molar-refractivity contribution in [2.24, 2.45) is 0 Å². The topological polar surface area (TPSA) is 78.9 Å². The first kappa shape index (κ1) is 45.9. The van der Waals surface area contributed by atoms with E-state index in [1.807, 2.05) is 36.5 Å². The summed E-state index contributed by atoms with van der Waals surface area (Å²) in [6, 6.07) is 4.32. The first-order valence-electron chi connectivity index (χ1n) is 20.6. The van der Waals surface area contributed by atoms with Gasteiger partial charge in [-0.05, 0) is 56.7 Å². The number of esters is 3. The molecule has 0 aliphatic heterocycles. The van der Waals surface area contributed by atoms with Gasteiger partial charge in [0.15, 0.2) is 0 Å². The largest absolute Gasteiger partial charge is 0.458 e. The summed E-state index contributed by atoms with van der Waals surface area (Å²) < 4.78 is 16.4. The van der Waals surface area contributed by atoms with Crippen LogP contribution in [0, 0.1) is 0 Å².